The summed E-state index contributed by atoms with van der Waals surface area (Å²) in [5, 5.41) is 11.1. The van der Waals surface area contributed by atoms with Crippen LogP contribution in [0.25, 0.3) is 0 Å². The van der Waals surface area contributed by atoms with Gasteiger partial charge >= 0.3 is 6.09 Å². The first kappa shape index (κ1) is 14.5. The SMILES string of the molecule is CC(C)(C)C(OC(=O)NCCO)c1ccccc1. The number of alkyl carbamates (subject to hydrolysis) is 1. The molecule has 0 saturated carbocycles. The Morgan fingerprint density at radius 3 is 2.44 bits per heavy atom. The number of ether oxygens (including phenoxy) is 1. The third-order valence-electron chi connectivity index (χ3n) is 2.49. The van der Waals surface area contributed by atoms with Gasteiger partial charge in [0.15, 0.2) is 0 Å². The first-order valence-electron chi connectivity index (χ1n) is 6.05. The summed E-state index contributed by atoms with van der Waals surface area (Å²) in [5.41, 5.74) is 0.766. The van der Waals surface area contributed by atoms with Crippen molar-refractivity contribution < 1.29 is 14.6 Å². The molecule has 1 aromatic carbocycles. The summed E-state index contributed by atoms with van der Waals surface area (Å²) in [4.78, 5) is 11.6. The van der Waals surface area contributed by atoms with E-state index in [1.165, 1.54) is 0 Å². The summed E-state index contributed by atoms with van der Waals surface area (Å²) in [5.74, 6) is 0. The summed E-state index contributed by atoms with van der Waals surface area (Å²) in [7, 11) is 0. The summed E-state index contributed by atoms with van der Waals surface area (Å²) >= 11 is 0. The lowest BCUT2D eigenvalue weighted by Crippen LogP contribution is -2.32. The molecular weight excluding hydrogens is 230 g/mol. The molecule has 0 aliphatic rings. The van der Waals surface area contributed by atoms with Gasteiger partial charge in [-0.1, -0.05) is 51.1 Å². The molecule has 0 saturated heterocycles. The Bertz CT molecular complexity index is 370. The highest BCUT2D eigenvalue weighted by atomic mass is 16.6. The Labute approximate surface area is 108 Å². The molecule has 4 heteroatoms. The normalized spacial score (nSPS) is 12.9. The van der Waals surface area contributed by atoms with Crippen LogP contribution in [-0.4, -0.2) is 24.4 Å². The standard InChI is InChI=1S/C14H21NO3/c1-14(2,3)12(11-7-5-4-6-8-11)18-13(17)15-9-10-16/h4-8,12,16H,9-10H2,1-3H3,(H,15,17). The number of carbonyl (C=O) groups is 1. The van der Waals surface area contributed by atoms with E-state index in [1.54, 1.807) is 0 Å². The van der Waals surface area contributed by atoms with Crippen LogP contribution in [0.5, 0.6) is 0 Å². The van der Waals surface area contributed by atoms with E-state index >= 15 is 0 Å². The van der Waals surface area contributed by atoms with E-state index in [0.717, 1.165) is 5.56 Å². The average molecular weight is 251 g/mol. The lowest BCUT2D eigenvalue weighted by molar-refractivity contribution is 0.0297. The third-order valence-corrected chi connectivity index (χ3v) is 2.49. The Kier molecular flexibility index (Phi) is 5.16. The maximum atomic E-state index is 11.6. The van der Waals surface area contributed by atoms with Crippen LogP contribution in [-0.2, 0) is 4.74 Å². The predicted molar refractivity (Wildman–Crippen MR) is 70.2 cm³/mol. The zero-order valence-electron chi connectivity index (χ0n) is 11.1. The van der Waals surface area contributed by atoms with Crippen molar-refractivity contribution in [1.82, 2.24) is 5.32 Å². The Balaban J connectivity index is 2.78. The van der Waals surface area contributed by atoms with Crippen molar-refractivity contribution in [2.75, 3.05) is 13.2 Å². The molecule has 4 nitrogen and oxygen atoms in total. The fourth-order valence-electron chi connectivity index (χ4n) is 1.68. The molecular formula is C14H21NO3. The summed E-state index contributed by atoms with van der Waals surface area (Å²) in [6, 6.07) is 9.64. The zero-order valence-corrected chi connectivity index (χ0v) is 11.1. The number of rotatable bonds is 4. The number of hydrogen-bond donors (Lipinski definition) is 2. The van der Waals surface area contributed by atoms with Gasteiger partial charge < -0.3 is 15.2 Å². The van der Waals surface area contributed by atoms with Crippen molar-refractivity contribution >= 4 is 6.09 Å². The minimum absolute atomic E-state index is 0.0966. The highest BCUT2D eigenvalue weighted by Crippen LogP contribution is 2.35. The second kappa shape index (κ2) is 6.40. The smallest absolute Gasteiger partial charge is 0.407 e. The van der Waals surface area contributed by atoms with Gasteiger partial charge in [0.05, 0.1) is 6.61 Å². The fourth-order valence-corrected chi connectivity index (χ4v) is 1.68. The number of hydrogen-bond acceptors (Lipinski definition) is 3. The Hall–Kier alpha value is -1.55. The molecule has 1 unspecified atom stereocenters. The number of amides is 1. The summed E-state index contributed by atoms with van der Waals surface area (Å²) in [6.45, 7) is 6.16. The van der Waals surface area contributed by atoms with Crippen LogP contribution in [0.2, 0.25) is 0 Å². The maximum Gasteiger partial charge on any atom is 0.407 e. The molecule has 100 valence electrons. The maximum absolute atomic E-state index is 11.6. The Morgan fingerprint density at radius 2 is 1.94 bits per heavy atom. The second-order valence-electron chi connectivity index (χ2n) is 5.21. The van der Waals surface area contributed by atoms with Crippen molar-refractivity contribution in [2.24, 2.45) is 5.41 Å². The molecule has 0 heterocycles. The Morgan fingerprint density at radius 1 is 1.33 bits per heavy atom. The highest BCUT2D eigenvalue weighted by molar-refractivity contribution is 5.67. The summed E-state index contributed by atoms with van der Waals surface area (Å²) in [6.07, 6.45) is -0.828. The molecule has 1 atom stereocenters. The molecule has 1 amide bonds. The van der Waals surface area contributed by atoms with E-state index < -0.39 is 6.09 Å². The molecule has 2 N–H and O–H groups in total. The molecule has 0 aromatic heterocycles. The quantitative estimate of drug-likeness (QED) is 0.864. The van der Waals surface area contributed by atoms with Crippen molar-refractivity contribution in [3.05, 3.63) is 35.9 Å². The number of carbonyl (C=O) groups excluding carboxylic acids is 1. The van der Waals surface area contributed by atoms with E-state index in [9.17, 15) is 4.79 Å². The highest BCUT2D eigenvalue weighted by Gasteiger charge is 2.29. The lowest BCUT2D eigenvalue weighted by Gasteiger charge is -2.30. The molecule has 0 radical (unpaired) electrons. The van der Waals surface area contributed by atoms with E-state index in [-0.39, 0.29) is 24.7 Å². The van der Waals surface area contributed by atoms with Crippen molar-refractivity contribution in [3.8, 4) is 0 Å². The van der Waals surface area contributed by atoms with Crippen LogP contribution < -0.4 is 5.32 Å². The van der Waals surface area contributed by atoms with E-state index in [0.29, 0.717) is 0 Å². The van der Waals surface area contributed by atoms with Gasteiger partial charge in [0.1, 0.15) is 6.10 Å². The second-order valence-corrected chi connectivity index (χ2v) is 5.21. The van der Waals surface area contributed by atoms with Crippen LogP contribution in [0.4, 0.5) is 4.79 Å². The summed E-state index contributed by atoms with van der Waals surface area (Å²) < 4.78 is 5.44. The van der Waals surface area contributed by atoms with Gasteiger partial charge in [0.2, 0.25) is 0 Å². The first-order valence-corrected chi connectivity index (χ1v) is 6.05. The monoisotopic (exact) mass is 251 g/mol. The van der Waals surface area contributed by atoms with E-state index in [1.807, 2.05) is 51.1 Å². The molecule has 0 spiro atoms. The van der Waals surface area contributed by atoms with Gasteiger partial charge in [-0.25, -0.2) is 4.79 Å². The van der Waals surface area contributed by atoms with Crippen LogP contribution in [0.3, 0.4) is 0 Å². The number of nitrogens with one attached hydrogen (secondary N) is 1. The first-order chi connectivity index (χ1) is 8.45. The lowest BCUT2D eigenvalue weighted by atomic mass is 9.84. The van der Waals surface area contributed by atoms with Crippen LogP contribution in [0.1, 0.15) is 32.4 Å². The van der Waals surface area contributed by atoms with E-state index in [2.05, 4.69) is 5.32 Å². The van der Waals surface area contributed by atoms with Crippen molar-refractivity contribution in [3.63, 3.8) is 0 Å². The fraction of sp³-hybridized carbons (Fsp3) is 0.500. The third kappa shape index (κ3) is 4.37. The van der Waals surface area contributed by atoms with Gasteiger partial charge in [-0.05, 0) is 5.56 Å². The molecule has 1 rings (SSSR count). The average Bonchev–Trinajstić information content (AvgIpc) is 2.33. The largest absolute Gasteiger partial charge is 0.441 e. The van der Waals surface area contributed by atoms with Gasteiger partial charge in [0.25, 0.3) is 0 Å². The molecule has 0 aliphatic heterocycles. The number of aliphatic hydroxyl groups excluding tert-OH is 1. The van der Waals surface area contributed by atoms with Gasteiger partial charge in [-0.15, -0.1) is 0 Å². The minimum atomic E-state index is -0.507. The molecule has 18 heavy (non-hydrogen) atoms. The molecule has 0 fully saturated rings. The zero-order chi connectivity index (χ0) is 13.6. The van der Waals surface area contributed by atoms with E-state index in [4.69, 9.17) is 9.84 Å². The van der Waals surface area contributed by atoms with Crippen molar-refractivity contribution in [1.29, 1.82) is 0 Å². The van der Waals surface area contributed by atoms with Crippen molar-refractivity contribution in [2.45, 2.75) is 26.9 Å². The topological polar surface area (TPSA) is 58.6 Å². The van der Waals surface area contributed by atoms with Gasteiger partial charge in [-0.3, -0.25) is 0 Å². The van der Waals surface area contributed by atoms with Crippen LogP contribution in [0, 0.1) is 5.41 Å². The molecule has 0 aliphatic carbocycles. The molecule has 1 aromatic rings. The number of benzene rings is 1. The predicted octanol–water partition coefficient (Wildman–Crippen LogP) is 2.49. The van der Waals surface area contributed by atoms with Gasteiger partial charge in [-0.2, -0.15) is 0 Å². The van der Waals surface area contributed by atoms with Crippen LogP contribution >= 0.6 is 0 Å². The van der Waals surface area contributed by atoms with Gasteiger partial charge in [0, 0.05) is 12.0 Å². The van der Waals surface area contributed by atoms with Crippen LogP contribution in [0.15, 0.2) is 30.3 Å². The minimum Gasteiger partial charge on any atom is -0.441 e. The number of aliphatic hydroxyl groups is 1. The molecule has 0 bridgehead atoms.